The zero-order valence-corrected chi connectivity index (χ0v) is 8.07. The Bertz CT molecular complexity index is 323. The van der Waals surface area contributed by atoms with Crippen molar-refractivity contribution < 1.29 is 9.53 Å². The smallest absolute Gasteiger partial charge is 0.407 e. The Labute approximate surface area is 83.1 Å². The molecule has 74 valence electrons. The second kappa shape index (κ2) is 3.70. The quantitative estimate of drug-likeness (QED) is 0.738. The summed E-state index contributed by atoms with van der Waals surface area (Å²) in [4.78, 5) is 11.1. The molecule has 1 aliphatic rings. The second-order valence-electron chi connectivity index (χ2n) is 3.61. The minimum absolute atomic E-state index is 0.0810. The Morgan fingerprint density at radius 2 is 2.07 bits per heavy atom. The Morgan fingerprint density at radius 1 is 1.36 bits per heavy atom. The first-order valence-corrected chi connectivity index (χ1v) is 4.75. The van der Waals surface area contributed by atoms with Crippen molar-refractivity contribution in [1.82, 2.24) is 5.32 Å². The molecule has 2 rings (SSSR count). The van der Waals surface area contributed by atoms with Gasteiger partial charge in [-0.3, -0.25) is 0 Å². The van der Waals surface area contributed by atoms with Crippen molar-refractivity contribution in [1.29, 1.82) is 0 Å². The highest BCUT2D eigenvalue weighted by Crippen LogP contribution is 2.24. The number of carbonyl (C=O) groups is 1. The van der Waals surface area contributed by atoms with Crippen LogP contribution in [0.15, 0.2) is 30.3 Å². The SMILES string of the molecule is CC1COC(=O)NC1c1ccccc1. The number of hydrogen-bond acceptors (Lipinski definition) is 2. The Morgan fingerprint density at radius 3 is 2.79 bits per heavy atom. The van der Waals surface area contributed by atoms with Gasteiger partial charge in [0, 0.05) is 5.92 Å². The van der Waals surface area contributed by atoms with Crippen molar-refractivity contribution in [2.45, 2.75) is 13.0 Å². The first kappa shape index (κ1) is 9.06. The van der Waals surface area contributed by atoms with Gasteiger partial charge in [0.1, 0.15) is 0 Å². The van der Waals surface area contributed by atoms with Gasteiger partial charge in [-0.15, -0.1) is 0 Å². The molecule has 2 unspecified atom stereocenters. The number of amides is 1. The normalized spacial score (nSPS) is 26.5. The average Bonchev–Trinajstić information content (AvgIpc) is 2.23. The van der Waals surface area contributed by atoms with Gasteiger partial charge in [-0.25, -0.2) is 4.79 Å². The van der Waals surface area contributed by atoms with Gasteiger partial charge >= 0.3 is 6.09 Å². The fourth-order valence-corrected chi connectivity index (χ4v) is 1.69. The van der Waals surface area contributed by atoms with Crippen molar-refractivity contribution in [3.63, 3.8) is 0 Å². The zero-order valence-electron chi connectivity index (χ0n) is 8.07. The van der Waals surface area contributed by atoms with Crippen LogP contribution < -0.4 is 5.32 Å². The molecule has 1 fully saturated rings. The van der Waals surface area contributed by atoms with Gasteiger partial charge in [-0.2, -0.15) is 0 Å². The van der Waals surface area contributed by atoms with E-state index < -0.39 is 0 Å². The lowest BCUT2D eigenvalue weighted by Crippen LogP contribution is -2.40. The predicted octanol–water partition coefficient (Wildman–Crippen LogP) is 2.10. The molecule has 1 aliphatic heterocycles. The minimum Gasteiger partial charge on any atom is -0.449 e. The van der Waals surface area contributed by atoms with E-state index >= 15 is 0 Å². The molecule has 0 radical (unpaired) electrons. The lowest BCUT2D eigenvalue weighted by atomic mass is 9.94. The van der Waals surface area contributed by atoms with E-state index in [4.69, 9.17) is 4.74 Å². The topological polar surface area (TPSA) is 38.3 Å². The first-order chi connectivity index (χ1) is 6.77. The maximum Gasteiger partial charge on any atom is 0.407 e. The number of cyclic esters (lactones) is 1. The molecule has 0 bridgehead atoms. The molecule has 1 N–H and O–H groups in total. The highest BCUT2D eigenvalue weighted by molar-refractivity contribution is 5.68. The maximum atomic E-state index is 11.1. The van der Waals surface area contributed by atoms with Crippen LogP contribution in [0.5, 0.6) is 0 Å². The van der Waals surface area contributed by atoms with Crippen molar-refractivity contribution in [3.05, 3.63) is 35.9 Å². The Hall–Kier alpha value is -1.51. The second-order valence-corrected chi connectivity index (χ2v) is 3.61. The van der Waals surface area contributed by atoms with Crippen LogP contribution in [-0.4, -0.2) is 12.7 Å². The van der Waals surface area contributed by atoms with Gasteiger partial charge in [0.05, 0.1) is 12.6 Å². The molecule has 3 heteroatoms. The van der Waals surface area contributed by atoms with Gasteiger partial charge in [-0.1, -0.05) is 37.3 Å². The highest BCUT2D eigenvalue weighted by atomic mass is 16.6. The van der Waals surface area contributed by atoms with Crippen LogP contribution in [0.4, 0.5) is 4.79 Å². The molecule has 0 spiro atoms. The van der Waals surface area contributed by atoms with Crippen LogP contribution in [0.1, 0.15) is 18.5 Å². The summed E-state index contributed by atoms with van der Waals surface area (Å²) >= 11 is 0. The summed E-state index contributed by atoms with van der Waals surface area (Å²) in [5, 5.41) is 2.82. The third-order valence-corrected chi connectivity index (χ3v) is 2.48. The molecule has 0 aromatic heterocycles. The molecule has 1 aromatic carbocycles. The van der Waals surface area contributed by atoms with Gasteiger partial charge in [-0.05, 0) is 5.56 Å². The van der Waals surface area contributed by atoms with Crippen molar-refractivity contribution in [2.24, 2.45) is 5.92 Å². The minimum atomic E-state index is -0.322. The van der Waals surface area contributed by atoms with Gasteiger partial charge in [0.25, 0.3) is 0 Å². The number of nitrogens with one attached hydrogen (secondary N) is 1. The van der Waals surface area contributed by atoms with Crippen molar-refractivity contribution in [2.75, 3.05) is 6.61 Å². The summed E-state index contributed by atoms with van der Waals surface area (Å²) in [5.41, 5.74) is 1.14. The number of carbonyl (C=O) groups excluding carboxylic acids is 1. The van der Waals surface area contributed by atoms with E-state index in [0.717, 1.165) is 5.56 Å². The molecule has 14 heavy (non-hydrogen) atoms. The molecule has 1 saturated heterocycles. The largest absolute Gasteiger partial charge is 0.449 e. The Kier molecular flexibility index (Phi) is 2.39. The maximum absolute atomic E-state index is 11.1. The van der Waals surface area contributed by atoms with Crippen molar-refractivity contribution >= 4 is 6.09 Å². The van der Waals surface area contributed by atoms with E-state index in [9.17, 15) is 4.79 Å². The summed E-state index contributed by atoms with van der Waals surface area (Å²) in [6.45, 7) is 2.56. The van der Waals surface area contributed by atoms with E-state index in [0.29, 0.717) is 12.5 Å². The highest BCUT2D eigenvalue weighted by Gasteiger charge is 2.27. The number of alkyl carbamates (subject to hydrolysis) is 1. The van der Waals surface area contributed by atoms with E-state index in [2.05, 4.69) is 12.2 Å². The zero-order chi connectivity index (χ0) is 9.97. The number of benzene rings is 1. The summed E-state index contributed by atoms with van der Waals surface area (Å²) < 4.78 is 4.89. The number of hydrogen-bond donors (Lipinski definition) is 1. The fraction of sp³-hybridized carbons (Fsp3) is 0.364. The Balaban J connectivity index is 2.20. The molecule has 3 nitrogen and oxygen atoms in total. The van der Waals surface area contributed by atoms with E-state index in [-0.39, 0.29) is 12.1 Å². The average molecular weight is 191 g/mol. The molecule has 0 aliphatic carbocycles. The summed E-state index contributed by atoms with van der Waals surface area (Å²) in [6, 6.07) is 10.0. The van der Waals surface area contributed by atoms with Crippen LogP contribution >= 0.6 is 0 Å². The molecule has 1 amide bonds. The molecule has 1 aromatic rings. The van der Waals surface area contributed by atoms with Gasteiger partial charge < -0.3 is 10.1 Å². The first-order valence-electron chi connectivity index (χ1n) is 4.75. The molecule has 2 atom stereocenters. The van der Waals surface area contributed by atoms with E-state index in [1.807, 2.05) is 30.3 Å². The van der Waals surface area contributed by atoms with Gasteiger partial charge in [0.2, 0.25) is 0 Å². The lowest BCUT2D eigenvalue weighted by Gasteiger charge is -2.29. The van der Waals surface area contributed by atoms with Crippen LogP contribution in [0.3, 0.4) is 0 Å². The predicted molar refractivity (Wildman–Crippen MR) is 52.8 cm³/mol. The summed E-state index contributed by atoms with van der Waals surface area (Å²) in [7, 11) is 0. The molecular weight excluding hydrogens is 178 g/mol. The third-order valence-electron chi connectivity index (χ3n) is 2.48. The van der Waals surface area contributed by atoms with Crippen LogP contribution in [0.2, 0.25) is 0 Å². The van der Waals surface area contributed by atoms with Crippen LogP contribution in [-0.2, 0) is 4.74 Å². The molecule has 1 heterocycles. The lowest BCUT2D eigenvalue weighted by molar-refractivity contribution is 0.0866. The monoisotopic (exact) mass is 191 g/mol. The van der Waals surface area contributed by atoms with Crippen molar-refractivity contribution in [3.8, 4) is 0 Å². The van der Waals surface area contributed by atoms with Crippen LogP contribution in [0, 0.1) is 5.92 Å². The number of rotatable bonds is 1. The standard InChI is InChI=1S/C11H13NO2/c1-8-7-14-11(13)12-10(8)9-5-3-2-4-6-9/h2-6,8,10H,7H2,1H3,(H,12,13). The van der Waals surface area contributed by atoms with Crippen LogP contribution in [0.25, 0.3) is 0 Å². The summed E-state index contributed by atoms with van der Waals surface area (Å²) in [6.07, 6.45) is -0.322. The fourth-order valence-electron chi connectivity index (χ4n) is 1.69. The van der Waals surface area contributed by atoms with Gasteiger partial charge in [0.15, 0.2) is 0 Å². The van der Waals surface area contributed by atoms with E-state index in [1.165, 1.54) is 0 Å². The van der Waals surface area contributed by atoms with E-state index in [1.54, 1.807) is 0 Å². The third kappa shape index (κ3) is 1.71. The number of ether oxygens (including phenoxy) is 1. The molecule has 0 saturated carbocycles. The molecular formula is C11H13NO2. The summed E-state index contributed by atoms with van der Waals surface area (Å²) in [5.74, 6) is 0.315.